The number of hydrogen-bond acceptors (Lipinski definition) is 3. The van der Waals surface area contributed by atoms with Gasteiger partial charge in [-0.3, -0.25) is 4.57 Å². The molecule has 0 aliphatic carbocycles. The predicted molar refractivity (Wildman–Crippen MR) is 363 cm³/mol. The van der Waals surface area contributed by atoms with Crippen molar-refractivity contribution >= 4 is 54.8 Å². The number of furan rings is 1. The molecule has 7 heteroatoms. The third-order valence-electron chi connectivity index (χ3n) is 18.0. The summed E-state index contributed by atoms with van der Waals surface area (Å²) < 4.78 is 20.1. The van der Waals surface area contributed by atoms with Crippen LogP contribution in [-0.4, -0.2) is 14.1 Å². The molecule has 0 atom stereocenters. The van der Waals surface area contributed by atoms with Gasteiger partial charge >= 0.3 is 0 Å². The molecule has 442 valence electrons. The van der Waals surface area contributed by atoms with Gasteiger partial charge in [0, 0.05) is 55.1 Å². The number of ether oxygens (including phenoxy) is 1. The fraction of sp³-hybridized carbons (Fsp3) is 0.195. The number of para-hydroxylation sites is 3. The molecular formula is C82H70N4O2Pt-2. The monoisotopic (exact) mass is 1340 g/mol. The molecule has 15 rings (SSSR count). The zero-order chi connectivity index (χ0) is 60.8. The third-order valence-corrected chi connectivity index (χ3v) is 18.0. The van der Waals surface area contributed by atoms with Crippen molar-refractivity contribution in [2.24, 2.45) is 0 Å². The average molecular weight is 1340 g/mol. The second-order valence-corrected chi connectivity index (χ2v) is 28.1. The van der Waals surface area contributed by atoms with Gasteiger partial charge in [0.05, 0.1) is 16.7 Å². The smallest absolute Gasteiger partial charge is 0.268 e. The minimum atomic E-state index is -0.278. The van der Waals surface area contributed by atoms with E-state index in [0.29, 0.717) is 11.5 Å². The van der Waals surface area contributed by atoms with Crippen LogP contribution in [0.4, 0.5) is 0 Å². The number of imidazole rings is 1. The average Bonchev–Trinajstić information content (AvgIpc) is 1.63. The maximum atomic E-state index is 6.93. The number of benzene rings is 10. The number of rotatable bonds is 6. The Bertz CT molecular complexity index is 5150. The molecule has 0 saturated heterocycles. The van der Waals surface area contributed by atoms with Crippen LogP contribution in [0.1, 0.15) is 105 Å². The normalized spacial score (nSPS) is 12.6. The third kappa shape index (κ3) is 9.92. The molecular weight excluding hydrogens is 1270 g/mol. The summed E-state index contributed by atoms with van der Waals surface area (Å²) in [5.41, 5.74) is 23.5. The van der Waals surface area contributed by atoms with Crippen LogP contribution in [-0.2, 0) is 42.7 Å². The van der Waals surface area contributed by atoms with Crippen molar-refractivity contribution in [3.8, 4) is 84.3 Å². The molecule has 0 fully saturated rings. The summed E-state index contributed by atoms with van der Waals surface area (Å²) in [4.78, 5) is 4.94. The van der Waals surface area contributed by atoms with E-state index < -0.39 is 0 Å². The Morgan fingerprint density at radius 1 is 0.427 bits per heavy atom. The fourth-order valence-corrected chi connectivity index (χ4v) is 13.2. The Morgan fingerprint density at radius 3 is 1.80 bits per heavy atom. The van der Waals surface area contributed by atoms with Gasteiger partial charge < -0.3 is 18.3 Å². The molecule has 0 radical (unpaired) electrons. The summed E-state index contributed by atoms with van der Waals surface area (Å²) in [5, 5.41) is 4.36. The first-order chi connectivity index (χ1) is 42.1. The number of aromatic nitrogens is 4. The van der Waals surface area contributed by atoms with Crippen LogP contribution in [0.2, 0.25) is 0 Å². The Balaban J connectivity index is 0.00000694. The second-order valence-electron chi connectivity index (χ2n) is 28.1. The molecule has 0 unspecified atom stereocenters. The molecule has 0 N–H and O–H groups in total. The van der Waals surface area contributed by atoms with E-state index >= 15 is 0 Å². The van der Waals surface area contributed by atoms with Gasteiger partial charge in [-0.2, -0.15) is 18.2 Å². The first-order valence-corrected chi connectivity index (χ1v) is 30.8. The first kappa shape index (κ1) is 57.6. The molecule has 5 heterocycles. The Morgan fingerprint density at radius 2 is 1.04 bits per heavy atom. The van der Waals surface area contributed by atoms with Gasteiger partial charge in [-0.05, 0) is 159 Å². The summed E-state index contributed by atoms with van der Waals surface area (Å²) in [7, 11) is 0. The van der Waals surface area contributed by atoms with Crippen LogP contribution in [0.5, 0.6) is 11.5 Å². The van der Waals surface area contributed by atoms with E-state index in [1.807, 2.05) is 30.5 Å². The SMILES string of the molecule is CC(C)(C)c1cc(-c2ccc3c(c2)-c2cccc(C(C)(C)C)c2-[n+]2[c-]n(-c4[c-]c(Oc5[c-]c6c(cc5)c5ccccc5n6-c5cc(C(C)(C)C)ccn5)ccc4)c4cc(-c5ccc6oc7ccccc7c6c5)cc(c42)-c2ccccc2-3)cc(C(C)(C)C)c1.[Pt]. The minimum absolute atomic E-state index is 0. The van der Waals surface area contributed by atoms with Crippen molar-refractivity contribution in [2.45, 2.75) is 105 Å². The van der Waals surface area contributed by atoms with Gasteiger partial charge in [0.1, 0.15) is 17.0 Å². The zero-order valence-electron chi connectivity index (χ0n) is 52.6. The van der Waals surface area contributed by atoms with Crippen molar-refractivity contribution in [3.63, 3.8) is 0 Å². The molecule has 14 aromatic rings. The van der Waals surface area contributed by atoms with E-state index in [-0.39, 0.29) is 42.7 Å². The topological polar surface area (TPSA) is 49.0 Å². The van der Waals surface area contributed by atoms with E-state index in [2.05, 4.69) is 291 Å². The molecule has 0 spiro atoms. The predicted octanol–water partition coefficient (Wildman–Crippen LogP) is 21.3. The molecule has 4 aromatic heterocycles. The standard InChI is InChI=1S/C82H70N4O2.Pt/c1-79(2,3)54-37-38-83-76(46-54)86-71-29-17-15-25-63(71)64-35-33-59(48-72(64)86)87-58-22-19-21-57(47-58)84-49-85-77-66(27-20-28-70(77)82(10,11)12)67-41-50(52-39-55(80(4,5)6)45-56(40-52)81(7,8)9)31-34-62(67)60-23-13-14-24-61(60)69-43-53(44-73(84)78(69)85)51-32-36-75-68(42-51)65-26-16-18-30-74(65)88-75;/h13-46H,1-12H3;/q-2;. The fourth-order valence-electron chi connectivity index (χ4n) is 13.2. The molecule has 6 nitrogen and oxygen atoms in total. The maximum absolute atomic E-state index is 6.93. The molecule has 10 aromatic carbocycles. The number of nitrogens with zero attached hydrogens (tertiary/aromatic N) is 4. The molecule has 1 aliphatic heterocycles. The van der Waals surface area contributed by atoms with E-state index in [1.165, 1.54) is 38.9 Å². The Hall–Kier alpha value is -9.09. The van der Waals surface area contributed by atoms with Gasteiger partial charge in [0.2, 0.25) is 0 Å². The van der Waals surface area contributed by atoms with Crippen LogP contribution in [0.15, 0.2) is 211 Å². The van der Waals surface area contributed by atoms with Crippen LogP contribution >= 0.6 is 0 Å². The number of hydrogen-bond donors (Lipinski definition) is 0. The largest absolute Gasteiger partial charge is 0.510 e. The quantitative estimate of drug-likeness (QED) is 0.123. The molecule has 1 aliphatic rings. The minimum Gasteiger partial charge on any atom is -0.510 e. The van der Waals surface area contributed by atoms with Crippen molar-refractivity contribution < 1.29 is 34.8 Å². The zero-order valence-corrected chi connectivity index (χ0v) is 54.8. The van der Waals surface area contributed by atoms with Gasteiger partial charge in [-0.25, -0.2) is 4.98 Å². The van der Waals surface area contributed by atoms with Crippen molar-refractivity contribution in [2.75, 3.05) is 0 Å². The molecule has 89 heavy (non-hydrogen) atoms. The summed E-state index contributed by atoms with van der Waals surface area (Å²) in [6.07, 6.45) is 5.99. The van der Waals surface area contributed by atoms with Gasteiger partial charge in [0.15, 0.2) is 0 Å². The van der Waals surface area contributed by atoms with E-state index in [1.54, 1.807) is 0 Å². The first-order valence-electron chi connectivity index (χ1n) is 30.8. The molecule has 0 bridgehead atoms. The Labute approximate surface area is 536 Å². The summed E-state index contributed by atoms with van der Waals surface area (Å²) in [6, 6.07) is 80.4. The van der Waals surface area contributed by atoms with Crippen molar-refractivity contribution in [3.05, 3.63) is 247 Å². The van der Waals surface area contributed by atoms with Crippen LogP contribution in [0.25, 0.3) is 128 Å². The Kier molecular flexibility index (Phi) is 13.6. The second kappa shape index (κ2) is 21.0. The number of pyridine rings is 1. The van der Waals surface area contributed by atoms with E-state index in [4.69, 9.17) is 14.1 Å². The maximum Gasteiger partial charge on any atom is 0.268 e. The summed E-state index contributed by atoms with van der Waals surface area (Å²) in [5.74, 6) is 1.96. The van der Waals surface area contributed by atoms with Crippen molar-refractivity contribution in [1.82, 2.24) is 14.1 Å². The summed E-state index contributed by atoms with van der Waals surface area (Å²) in [6.45, 7) is 27.6. The van der Waals surface area contributed by atoms with Crippen molar-refractivity contribution in [1.29, 1.82) is 0 Å². The van der Waals surface area contributed by atoms with Gasteiger partial charge in [-0.15, -0.1) is 29.7 Å². The molecule has 0 amide bonds. The van der Waals surface area contributed by atoms with E-state index in [9.17, 15) is 0 Å². The summed E-state index contributed by atoms with van der Waals surface area (Å²) >= 11 is 0. The van der Waals surface area contributed by atoms with Crippen LogP contribution in [0, 0.1) is 18.5 Å². The number of fused-ring (bicyclic) bond motifs is 13. The van der Waals surface area contributed by atoms with Gasteiger partial charge in [-0.1, -0.05) is 210 Å². The van der Waals surface area contributed by atoms with Crippen LogP contribution in [0.3, 0.4) is 0 Å². The van der Waals surface area contributed by atoms with Crippen LogP contribution < -0.4 is 9.30 Å². The van der Waals surface area contributed by atoms with E-state index in [0.717, 1.165) is 111 Å². The van der Waals surface area contributed by atoms with Gasteiger partial charge in [0.25, 0.3) is 6.33 Å². The molecule has 0 saturated carbocycles.